The van der Waals surface area contributed by atoms with Crippen LogP contribution in [-0.2, 0) is 6.54 Å². The molecule has 1 heterocycles. The summed E-state index contributed by atoms with van der Waals surface area (Å²) in [6, 6.07) is 6.99. The Morgan fingerprint density at radius 3 is 2.71 bits per heavy atom. The van der Waals surface area contributed by atoms with Crippen molar-refractivity contribution in [2.45, 2.75) is 71.5 Å². The Bertz CT molecular complexity index is 465. The molecule has 1 aromatic carbocycles. The van der Waals surface area contributed by atoms with Crippen molar-refractivity contribution in [1.82, 2.24) is 5.32 Å². The summed E-state index contributed by atoms with van der Waals surface area (Å²) in [4.78, 5) is 2.58. The zero-order valence-electron chi connectivity index (χ0n) is 13.9. The zero-order chi connectivity index (χ0) is 15.5. The van der Waals surface area contributed by atoms with Crippen molar-refractivity contribution in [2.24, 2.45) is 0 Å². The van der Waals surface area contributed by atoms with E-state index in [4.69, 9.17) is 11.6 Å². The van der Waals surface area contributed by atoms with Crippen molar-refractivity contribution in [1.29, 1.82) is 0 Å². The first-order valence-electron chi connectivity index (χ1n) is 8.21. The molecule has 0 spiro atoms. The van der Waals surface area contributed by atoms with Gasteiger partial charge in [0.25, 0.3) is 0 Å². The lowest BCUT2D eigenvalue weighted by Crippen LogP contribution is -2.41. The molecule has 3 heteroatoms. The molecule has 0 radical (unpaired) electrons. The first kappa shape index (κ1) is 16.6. The Labute approximate surface area is 134 Å². The lowest BCUT2D eigenvalue weighted by Gasteiger charge is -2.39. The van der Waals surface area contributed by atoms with Gasteiger partial charge in [0, 0.05) is 40.9 Å². The van der Waals surface area contributed by atoms with Crippen LogP contribution in [0.1, 0.15) is 58.9 Å². The van der Waals surface area contributed by atoms with Gasteiger partial charge < -0.3 is 10.2 Å². The topological polar surface area (TPSA) is 15.3 Å². The average molecular weight is 309 g/mol. The van der Waals surface area contributed by atoms with Gasteiger partial charge in [-0.15, -0.1) is 0 Å². The van der Waals surface area contributed by atoms with E-state index in [1.54, 1.807) is 0 Å². The number of benzene rings is 1. The van der Waals surface area contributed by atoms with Crippen LogP contribution in [0.2, 0.25) is 5.02 Å². The smallest absolute Gasteiger partial charge is 0.0471 e. The number of rotatable bonds is 4. The molecule has 1 fully saturated rings. The summed E-state index contributed by atoms with van der Waals surface area (Å²) in [6.45, 7) is 10.9. The fraction of sp³-hybridized carbons (Fsp3) is 0.667. The summed E-state index contributed by atoms with van der Waals surface area (Å²) in [6.07, 6.45) is 5.15. The second kappa shape index (κ2) is 7.02. The Hall–Kier alpha value is -0.730. The average Bonchev–Trinajstić information content (AvgIpc) is 2.44. The van der Waals surface area contributed by atoms with Crippen LogP contribution in [0.25, 0.3) is 0 Å². The van der Waals surface area contributed by atoms with E-state index < -0.39 is 0 Å². The molecule has 1 saturated heterocycles. The number of nitrogens with zero attached hydrogens (tertiary/aromatic N) is 1. The Morgan fingerprint density at radius 2 is 2.05 bits per heavy atom. The molecular formula is C18H29ClN2. The number of hydrogen-bond acceptors (Lipinski definition) is 2. The molecule has 1 unspecified atom stereocenters. The van der Waals surface area contributed by atoms with Crippen LogP contribution in [0.5, 0.6) is 0 Å². The number of piperidine rings is 1. The molecule has 1 aliphatic heterocycles. The molecule has 1 N–H and O–H groups in total. The van der Waals surface area contributed by atoms with Gasteiger partial charge in [0.1, 0.15) is 0 Å². The summed E-state index contributed by atoms with van der Waals surface area (Å²) in [7, 11) is 0. The summed E-state index contributed by atoms with van der Waals surface area (Å²) in [5, 5.41) is 4.46. The fourth-order valence-corrected chi connectivity index (χ4v) is 3.32. The molecule has 1 aliphatic rings. The zero-order valence-corrected chi connectivity index (χ0v) is 14.6. The van der Waals surface area contributed by atoms with E-state index in [-0.39, 0.29) is 5.54 Å². The molecule has 2 nitrogen and oxygen atoms in total. The van der Waals surface area contributed by atoms with Crippen LogP contribution >= 0.6 is 11.6 Å². The van der Waals surface area contributed by atoms with Crippen molar-refractivity contribution < 1.29 is 0 Å². The van der Waals surface area contributed by atoms with Crippen LogP contribution in [0.15, 0.2) is 18.2 Å². The van der Waals surface area contributed by atoms with E-state index in [0.29, 0.717) is 6.04 Å². The lowest BCUT2D eigenvalue weighted by atomic mass is 9.97. The van der Waals surface area contributed by atoms with Gasteiger partial charge in [0.15, 0.2) is 0 Å². The second-order valence-corrected chi connectivity index (χ2v) is 7.50. The first-order valence-corrected chi connectivity index (χ1v) is 8.59. The van der Waals surface area contributed by atoms with Gasteiger partial charge in [0.05, 0.1) is 0 Å². The second-order valence-electron chi connectivity index (χ2n) is 7.09. The van der Waals surface area contributed by atoms with Crippen molar-refractivity contribution in [2.75, 3.05) is 11.4 Å². The minimum absolute atomic E-state index is 0.0997. The molecule has 0 aromatic heterocycles. The van der Waals surface area contributed by atoms with Gasteiger partial charge in [-0.05, 0) is 58.6 Å². The normalized spacial score (nSPS) is 19.9. The highest BCUT2D eigenvalue weighted by Crippen LogP contribution is 2.33. The van der Waals surface area contributed by atoms with Crippen LogP contribution in [0.4, 0.5) is 5.69 Å². The van der Waals surface area contributed by atoms with E-state index in [1.807, 2.05) is 6.07 Å². The Morgan fingerprint density at radius 1 is 1.29 bits per heavy atom. The van der Waals surface area contributed by atoms with Crippen LogP contribution < -0.4 is 10.2 Å². The highest BCUT2D eigenvalue weighted by atomic mass is 35.5. The summed E-state index contributed by atoms with van der Waals surface area (Å²) >= 11 is 6.50. The third kappa shape index (κ3) is 4.37. The third-order valence-electron chi connectivity index (χ3n) is 4.30. The SMILES string of the molecule is CCC1CCCCN1c1cccc(Cl)c1CNC(C)(C)C. The van der Waals surface area contributed by atoms with Gasteiger partial charge in [-0.25, -0.2) is 0 Å². The maximum absolute atomic E-state index is 6.50. The van der Waals surface area contributed by atoms with Crippen molar-refractivity contribution in [3.63, 3.8) is 0 Å². The van der Waals surface area contributed by atoms with Gasteiger partial charge >= 0.3 is 0 Å². The maximum atomic E-state index is 6.50. The van der Waals surface area contributed by atoms with Crippen LogP contribution in [-0.4, -0.2) is 18.1 Å². The van der Waals surface area contributed by atoms with Gasteiger partial charge in [-0.3, -0.25) is 0 Å². The molecule has 118 valence electrons. The maximum Gasteiger partial charge on any atom is 0.0471 e. The van der Waals surface area contributed by atoms with Gasteiger partial charge in [-0.2, -0.15) is 0 Å². The first-order chi connectivity index (χ1) is 9.92. The third-order valence-corrected chi connectivity index (χ3v) is 4.65. The Kier molecular flexibility index (Phi) is 5.56. The number of anilines is 1. The van der Waals surface area contributed by atoms with Crippen molar-refractivity contribution in [3.05, 3.63) is 28.8 Å². The van der Waals surface area contributed by atoms with Gasteiger partial charge in [-0.1, -0.05) is 24.6 Å². The highest BCUT2D eigenvalue weighted by molar-refractivity contribution is 6.31. The lowest BCUT2D eigenvalue weighted by molar-refractivity contribution is 0.420. The molecule has 0 amide bonds. The molecule has 1 aromatic rings. The predicted molar refractivity (Wildman–Crippen MR) is 93.3 cm³/mol. The van der Waals surface area contributed by atoms with Gasteiger partial charge in [0.2, 0.25) is 0 Å². The summed E-state index contributed by atoms with van der Waals surface area (Å²) in [5.74, 6) is 0. The number of halogens is 1. The Balaban J connectivity index is 2.27. The fourth-order valence-electron chi connectivity index (χ4n) is 3.09. The minimum Gasteiger partial charge on any atom is -0.368 e. The minimum atomic E-state index is 0.0997. The van der Waals surface area contributed by atoms with Crippen molar-refractivity contribution in [3.8, 4) is 0 Å². The molecule has 0 aliphatic carbocycles. The van der Waals surface area contributed by atoms with E-state index >= 15 is 0 Å². The van der Waals surface area contributed by atoms with Crippen LogP contribution in [0.3, 0.4) is 0 Å². The van der Waals surface area contributed by atoms with Crippen molar-refractivity contribution >= 4 is 17.3 Å². The number of nitrogens with one attached hydrogen (secondary N) is 1. The molecule has 0 saturated carbocycles. The molecule has 0 bridgehead atoms. The van der Waals surface area contributed by atoms with E-state index in [2.05, 4.69) is 50.0 Å². The molecule has 2 rings (SSSR count). The monoisotopic (exact) mass is 308 g/mol. The standard InChI is InChI=1S/C18H29ClN2/c1-5-14-9-6-7-12-21(14)17-11-8-10-16(19)15(17)13-20-18(2,3)4/h8,10-11,14,20H,5-7,9,12-13H2,1-4H3. The van der Waals surface area contributed by atoms with E-state index in [0.717, 1.165) is 18.1 Å². The summed E-state index contributed by atoms with van der Waals surface area (Å²) in [5.41, 5.74) is 2.67. The largest absolute Gasteiger partial charge is 0.368 e. The quantitative estimate of drug-likeness (QED) is 0.842. The van der Waals surface area contributed by atoms with Crippen LogP contribution in [0, 0.1) is 0 Å². The predicted octanol–water partition coefficient (Wildman–Crippen LogP) is 5.00. The highest BCUT2D eigenvalue weighted by Gasteiger charge is 2.24. The van der Waals surface area contributed by atoms with E-state index in [9.17, 15) is 0 Å². The molecule has 1 atom stereocenters. The molecule has 21 heavy (non-hydrogen) atoms. The number of hydrogen-bond donors (Lipinski definition) is 1. The summed E-state index contributed by atoms with van der Waals surface area (Å²) < 4.78 is 0. The van der Waals surface area contributed by atoms with E-state index in [1.165, 1.54) is 36.9 Å². The molecular weight excluding hydrogens is 280 g/mol.